The molecule has 110 valence electrons. The monoisotopic (exact) mass is 300 g/mol. The van der Waals surface area contributed by atoms with E-state index in [0.717, 1.165) is 0 Å². The van der Waals surface area contributed by atoms with Crippen molar-refractivity contribution in [2.24, 2.45) is 0 Å². The molecule has 2 amide bonds. The molecule has 3 N–H and O–H groups in total. The van der Waals surface area contributed by atoms with Crippen LogP contribution >= 0.6 is 11.6 Å². The topological polar surface area (TPSA) is 87.7 Å². The first kappa shape index (κ1) is 16.3. The zero-order chi connectivity index (χ0) is 15.3. The van der Waals surface area contributed by atoms with Crippen LogP contribution in [0.25, 0.3) is 0 Å². The first-order chi connectivity index (χ1) is 9.29. The Labute approximate surface area is 122 Å². The van der Waals surface area contributed by atoms with Gasteiger partial charge in [-0.1, -0.05) is 11.6 Å². The molecule has 0 aliphatic carbocycles. The molecule has 0 radical (unpaired) electrons. The minimum atomic E-state index is -0.869. The number of hydrogen-bond donors (Lipinski definition) is 3. The molecule has 0 aliphatic rings. The lowest BCUT2D eigenvalue weighted by molar-refractivity contribution is -0.137. The van der Waals surface area contributed by atoms with E-state index in [-0.39, 0.29) is 6.61 Å². The number of amides is 2. The predicted octanol–water partition coefficient (Wildman–Crippen LogP) is 1.17. The summed E-state index contributed by atoms with van der Waals surface area (Å²) in [5.74, 6) is -1.21. The minimum absolute atomic E-state index is 0.277. The summed E-state index contributed by atoms with van der Waals surface area (Å²) in [7, 11) is 1.48. The number of ether oxygens (including phenoxy) is 1. The van der Waals surface area contributed by atoms with E-state index < -0.39 is 17.4 Å². The third-order valence-corrected chi connectivity index (χ3v) is 2.76. The fourth-order valence-electron chi connectivity index (χ4n) is 1.34. The predicted molar refractivity (Wildman–Crippen MR) is 75.9 cm³/mol. The van der Waals surface area contributed by atoms with Gasteiger partial charge in [-0.3, -0.25) is 9.59 Å². The van der Waals surface area contributed by atoms with E-state index in [4.69, 9.17) is 21.4 Å². The maximum atomic E-state index is 11.7. The molecule has 0 aliphatic heterocycles. The SMILES string of the molecule is COc1ccc(NC(=O)C(=O)NC(C)(C)CO)cc1Cl. The summed E-state index contributed by atoms with van der Waals surface area (Å²) in [6.45, 7) is 2.92. The van der Waals surface area contributed by atoms with Crippen molar-refractivity contribution in [3.63, 3.8) is 0 Å². The molecule has 1 aromatic carbocycles. The number of anilines is 1. The van der Waals surface area contributed by atoms with Gasteiger partial charge < -0.3 is 20.5 Å². The summed E-state index contributed by atoms with van der Waals surface area (Å²) >= 11 is 5.91. The molecule has 1 aromatic rings. The number of halogens is 1. The summed E-state index contributed by atoms with van der Waals surface area (Å²) in [4.78, 5) is 23.3. The first-order valence-electron chi connectivity index (χ1n) is 5.87. The average Bonchev–Trinajstić information content (AvgIpc) is 2.38. The van der Waals surface area contributed by atoms with Gasteiger partial charge in [-0.15, -0.1) is 0 Å². The Balaban J connectivity index is 2.71. The van der Waals surface area contributed by atoms with Crippen LogP contribution in [0.2, 0.25) is 5.02 Å². The van der Waals surface area contributed by atoms with Crippen molar-refractivity contribution in [1.29, 1.82) is 0 Å². The maximum absolute atomic E-state index is 11.7. The second-order valence-electron chi connectivity index (χ2n) is 4.80. The van der Waals surface area contributed by atoms with E-state index in [1.165, 1.54) is 13.2 Å². The number of carbonyl (C=O) groups is 2. The van der Waals surface area contributed by atoms with E-state index in [0.29, 0.717) is 16.5 Å². The minimum Gasteiger partial charge on any atom is -0.495 e. The molecule has 0 fully saturated rings. The molecule has 0 heterocycles. The molecular formula is C13H17ClN2O4. The van der Waals surface area contributed by atoms with Gasteiger partial charge in [0.05, 0.1) is 24.3 Å². The number of benzene rings is 1. The number of nitrogens with one attached hydrogen (secondary N) is 2. The molecule has 6 nitrogen and oxygen atoms in total. The average molecular weight is 301 g/mol. The highest BCUT2D eigenvalue weighted by Gasteiger charge is 2.23. The van der Waals surface area contributed by atoms with Crippen LogP contribution in [0.1, 0.15) is 13.8 Å². The lowest BCUT2D eigenvalue weighted by atomic mass is 10.1. The van der Waals surface area contributed by atoms with Gasteiger partial charge in [-0.05, 0) is 32.0 Å². The summed E-state index contributed by atoms with van der Waals surface area (Å²) in [6.07, 6.45) is 0. The van der Waals surface area contributed by atoms with E-state index in [2.05, 4.69) is 10.6 Å². The quantitative estimate of drug-likeness (QED) is 0.729. The number of carbonyl (C=O) groups excluding carboxylic acids is 2. The molecule has 0 spiro atoms. The van der Waals surface area contributed by atoms with Gasteiger partial charge in [0.15, 0.2) is 0 Å². The van der Waals surface area contributed by atoms with Crippen LogP contribution in [-0.4, -0.2) is 36.2 Å². The number of aliphatic hydroxyl groups excluding tert-OH is 1. The van der Waals surface area contributed by atoms with E-state index in [9.17, 15) is 9.59 Å². The van der Waals surface area contributed by atoms with Crippen molar-refractivity contribution in [2.45, 2.75) is 19.4 Å². The van der Waals surface area contributed by atoms with Gasteiger partial charge >= 0.3 is 11.8 Å². The van der Waals surface area contributed by atoms with Gasteiger partial charge in [-0.2, -0.15) is 0 Å². The van der Waals surface area contributed by atoms with Crippen molar-refractivity contribution >= 4 is 29.1 Å². The van der Waals surface area contributed by atoms with Gasteiger partial charge in [0, 0.05) is 5.69 Å². The molecule has 0 unspecified atom stereocenters. The molecule has 0 saturated heterocycles. The van der Waals surface area contributed by atoms with Crippen LogP contribution in [0.15, 0.2) is 18.2 Å². The normalized spacial score (nSPS) is 10.8. The maximum Gasteiger partial charge on any atom is 0.313 e. The van der Waals surface area contributed by atoms with Crippen LogP contribution in [0.3, 0.4) is 0 Å². The second-order valence-corrected chi connectivity index (χ2v) is 5.21. The summed E-state index contributed by atoms with van der Waals surface area (Å²) in [5.41, 5.74) is -0.496. The molecule has 0 aromatic heterocycles. The highest BCUT2D eigenvalue weighted by molar-refractivity contribution is 6.40. The highest BCUT2D eigenvalue weighted by atomic mass is 35.5. The van der Waals surface area contributed by atoms with Gasteiger partial charge in [-0.25, -0.2) is 0 Å². The van der Waals surface area contributed by atoms with Gasteiger partial charge in [0.2, 0.25) is 0 Å². The third kappa shape index (κ3) is 4.40. The molecule has 0 atom stereocenters. The molecule has 20 heavy (non-hydrogen) atoms. The number of hydrogen-bond acceptors (Lipinski definition) is 4. The third-order valence-electron chi connectivity index (χ3n) is 2.46. The fraction of sp³-hybridized carbons (Fsp3) is 0.385. The number of aliphatic hydroxyl groups is 1. The van der Waals surface area contributed by atoms with Gasteiger partial charge in [0.1, 0.15) is 5.75 Å². The van der Waals surface area contributed by atoms with E-state index >= 15 is 0 Å². The first-order valence-corrected chi connectivity index (χ1v) is 6.25. The van der Waals surface area contributed by atoms with Crippen LogP contribution in [0.4, 0.5) is 5.69 Å². The molecular weight excluding hydrogens is 284 g/mol. The van der Waals surface area contributed by atoms with Crippen molar-refractivity contribution in [2.75, 3.05) is 19.0 Å². The zero-order valence-electron chi connectivity index (χ0n) is 11.5. The van der Waals surface area contributed by atoms with Crippen molar-refractivity contribution in [3.8, 4) is 5.75 Å². The standard InChI is InChI=1S/C13H17ClN2O4/c1-13(2,7-17)16-12(19)11(18)15-8-4-5-10(20-3)9(14)6-8/h4-6,17H,7H2,1-3H3,(H,15,18)(H,16,19). The summed E-state index contributed by atoms with van der Waals surface area (Å²) in [6, 6.07) is 4.61. The molecule has 7 heteroatoms. The largest absolute Gasteiger partial charge is 0.495 e. The Morgan fingerprint density at radius 3 is 2.50 bits per heavy atom. The smallest absolute Gasteiger partial charge is 0.313 e. The molecule has 0 saturated carbocycles. The van der Waals surface area contributed by atoms with Crippen molar-refractivity contribution in [3.05, 3.63) is 23.2 Å². The fourth-order valence-corrected chi connectivity index (χ4v) is 1.59. The van der Waals surface area contributed by atoms with Crippen LogP contribution in [0, 0.1) is 0 Å². The Morgan fingerprint density at radius 2 is 2.00 bits per heavy atom. The lowest BCUT2D eigenvalue weighted by Gasteiger charge is -2.22. The Bertz CT molecular complexity index is 517. The van der Waals surface area contributed by atoms with E-state index in [1.807, 2.05) is 0 Å². The lowest BCUT2D eigenvalue weighted by Crippen LogP contribution is -2.50. The van der Waals surface area contributed by atoms with Crippen LogP contribution in [-0.2, 0) is 9.59 Å². The number of methoxy groups -OCH3 is 1. The number of rotatable bonds is 4. The van der Waals surface area contributed by atoms with Crippen molar-refractivity contribution < 1.29 is 19.4 Å². The zero-order valence-corrected chi connectivity index (χ0v) is 12.2. The second kappa shape index (κ2) is 6.58. The van der Waals surface area contributed by atoms with Crippen LogP contribution < -0.4 is 15.4 Å². The van der Waals surface area contributed by atoms with Crippen LogP contribution in [0.5, 0.6) is 5.75 Å². The Morgan fingerprint density at radius 1 is 1.35 bits per heavy atom. The Hall–Kier alpha value is -1.79. The summed E-state index contributed by atoms with van der Waals surface area (Å²) < 4.78 is 4.98. The highest BCUT2D eigenvalue weighted by Crippen LogP contribution is 2.27. The molecule has 1 rings (SSSR count). The van der Waals surface area contributed by atoms with E-state index in [1.54, 1.807) is 26.0 Å². The van der Waals surface area contributed by atoms with Gasteiger partial charge in [0.25, 0.3) is 0 Å². The Kier molecular flexibility index (Phi) is 5.35. The summed E-state index contributed by atoms with van der Waals surface area (Å²) in [5, 5.41) is 14.2. The van der Waals surface area contributed by atoms with Crippen molar-refractivity contribution in [1.82, 2.24) is 5.32 Å². The molecule has 0 bridgehead atoms.